The molecule has 2 amide bonds. The van der Waals surface area contributed by atoms with Crippen molar-refractivity contribution in [1.29, 1.82) is 0 Å². The van der Waals surface area contributed by atoms with Crippen molar-refractivity contribution in [2.45, 2.75) is 52.0 Å². The Morgan fingerprint density at radius 1 is 1.10 bits per heavy atom. The zero-order valence-electron chi connectivity index (χ0n) is 18.1. The highest BCUT2D eigenvalue weighted by Crippen LogP contribution is 2.35. The van der Waals surface area contributed by atoms with E-state index in [-0.39, 0.29) is 30.6 Å². The van der Waals surface area contributed by atoms with Gasteiger partial charge in [0, 0.05) is 43.9 Å². The van der Waals surface area contributed by atoms with E-state index in [0.29, 0.717) is 30.5 Å². The molecule has 4 rings (SSSR count). The number of fused-ring (bicyclic) bond motifs is 1. The first kappa shape index (κ1) is 21.0. The third-order valence-electron chi connectivity index (χ3n) is 6.81. The highest BCUT2D eigenvalue weighted by Gasteiger charge is 2.37. The second kappa shape index (κ2) is 9.25. The molecule has 1 saturated carbocycles. The largest absolute Gasteiger partial charge is 0.454 e. The molecular weight excluding hydrogens is 382 g/mol. The summed E-state index contributed by atoms with van der Waals surface area (Å²) < 4.78 is 10.8. The predicted molar refractivity (Wildman–Crippen MR) is 115 cm³/mol. The number of hydrogen-bond donors (Lipinski definition) is 1. The lowest BCUT2D eigenvalue weighted by Gasteiger charge is -2.41. The second-order valence-corrected chi connectivity index (χ2v) is 8.72. The minimum Gasteiger partial charge on any atom is -0.454 e. The first-order chi connectivity index (χ1) is 14.6. The van der Waals surface area contributed by atoms with E-state index in [0.717, 1.165) is 38.0 Å². The molecule has 7 heteroatoms. The number of hydrogen-bond acceptors (Lipinski definition) is 5. The van der Waals surface area contributed by atoms with E-state index in [1.807, 2.05) is 30.0 Å². The topological polar surface area (TPSA) is 71.1 Å². The van der Waals surface area contributed by atoms with Gasteiger partial charge < -0.3 is 19.7 Å². The number of piperazine rings is 1. The highest BCUT2D eigenvalue weighted by molar-refractivity contribution is 5.95. The van der Waals surface area contributed by atoms with Gasteiger partial charge in [0.25, 0.3) is 0 Å². The van der Waals surface area contributed by atoms with Gasteiger partial charge in [0.1, 0.15) is 0 Å². The van der Waals surface area contributed by atoms with Crippen molar-refractivity contribution in [2.75, 3.05) is 38.3 Å². The van der Waals surface area contributed by atoms with Crippen molar-refractivity contribution in [3.8, 4) is 11.5 Å². The van der Waals surface area contributed by atoms with Gasteiger partial charge >= 0.3 is 0 Å². The summed E-state index contributed by atoms with van der Waals surface area (Å²) in [6.45, 7) is 7.16. The monoisotopic (exact) mass is 415 g/mol. The summed E-state index contributed by atoms with van der Waals surface area (Å²) in [5, 5.41) is 3.11. The Labute approximate surface area is 178 Å². The minimum atomic E-state index is -0.154. The predicted octanol–water partition coefficient (Wildman–Crippen LogP) is 3.10. The molecule has 1 N–H and O–H groups in total. The first-order valence-corrected chi connectivity index (χ1v) is 11.3. The average molecular weight is 416 g/mol. The number of nitrogens with one attached hydrogen (secondary N) is 1. The fraction of sp³-hybridized carbons (Fsp3) is 0.652. The van der Waals surface area contributed by atoms with Crippen molar-refractivity contribution in [3.63, 3.8) is 0 Å². The zero-order valence-corrected chi connectivity index (χ0v) is 18.1. The number of carbonyl (C=O) groups is 2. The second-order valence-electron chi connectivity index (χ2n) is 8.72. The van der Waals surface area contributed by atoms with Crippen LogP contribution in [0.1, 0.15) is 46.0 Å². The molecule has 1 aliphatic carbocycles. The number of carbonyl (C=O) groups excluding carboxylic acids is 2. The van der Waals surface area contributed by atoms with E-state index < -0.39 is 0 Å². The van der Waals surface area contributed by atoms with E-state index >= 15 is 0 Å². The van der Waals surface area contributed by atoms with E-state index in [1.54, 1.807) is 0 Å². The third kappa shape index (κ3) is 4.41. The van der Waals surface area contributed by atoms with Gasteiger partial charge in [-0.1, -0.05) is 26.7 Å². The molecule has 0 unspecified atom stereocenters. The van der Waals surface area contributed by atoms with Crippen LogP contribution in [0.3, 0.4) is 0 Å². The van der Waals surface area contributed by atoms with E-state index in [1.165, 1.54) is 12.8 Å². The summed E-state index contributed by atoms with van der Waals surface area (Å²) >= 11 is 0. The minimum absolute atomic E-state index is 0.0440. The molecule has 164 valence electrons. The molecule has 0 aromatic heterocycles. The molecule has 1 aromatic carbocycles. The molecule has 2 atom stereocenters. The molecule has 3 aliphatic rings. The van der Waals surface area contributed by atoms with Gasteiger partial charge in [-0.15, -0.1) is 0 Å². The molecule has 30 heavy (non-hydrogen) atoms. The standard InChI is InChI=1S/C23H33N3O4/c1-3-16(2)23(28)26-12-10-25(11-13-26)21(17-6-4-5-7-17)22(27)24-18-8-9-19-20(14-18)30-15-29-19/h8-9,14,16-17,21H,3-7,10-13,15H2,1-2H3,(H,24,27)/t16-,21-/m1/s1. The molecule has 0 radical (unpaired) electrons. The zero-order chi connectivity index (χ0) is 21.1. The lowest BCUT2D eigenvalue weighted by Crippen LogP contribution is -2.57. The van der Waals surface area contributed by atoms with Crippen LogP contribution in [0.2, 0.25) is 0 Å². The van der Waals surface area contributed by atoms with Crippen LogP contribution in [-0.4, -0.2) is 60.6 Å². The number of anilines is 1. The van der Waals surface area contributed by atoms with Gasteiger partial charge in [-0.25, -0.2) is 0 Å². The Balaban J connectivity index is 1.43. The van der Waals surface area contributed by atoms with Gasteiger partial charge in [0.05, 0.1) is 6.04 Å². The molecule has 0 spiro atoms. The molecule has 2 aliphatic heterocycles. The lowest BCUT2D eigenvalue weighted by atomic mass is 9.94. The Bertz CT molecular complexity index is 770. The number of benzene rings is 1. The van der Waals surface area contributed by atoms with Crippen LogP contribution < -0.4 is 14.8 Å². The molecule has 1 aromatic rings. The van der Waals surface area contributed by atoms with Crippen LogP contribution in [0.15, 0.2) is 18.2 Å². The fourth-order valence-electron chi connectivity index (χ4n) is 4.85. The Morgan fingerprint density at radius 2 is 1.80 bits per heavy atom. The van der Waals surface area contributed by atoms with Gasteiger partial charge in [-0.2, -0.15) is 0 Å². The summed E-state index contributed by atoms with van der Waals surface area (Å²) in [6, 6.07) is 5.37. The number of nitrogens with zero attached hydrogens (tertiary/aromatic N) is 2. The van der Waals surface area contributed by atoms with Crippen LogP contribution in [-0.2, 0) is 9.59 Å². The molecule has 2 heterocycles. The molecule has 7 nitrogen and oxygen atoms in total. The Hall–Kier alpha value is -2.28. The smallest absolute Gasteiger partial charge is 0.242 e. The lowest BCUT2D eigenvalue weighted by molar-refractivity contribution is -0.138. The van der Waals surface area contributed by atoms with Crippen LogP contribution in [0.5, 0.6) is 11.5 Å². The first-order valence-electron chi connectivity index (χ1n) is 11.3. The Kier molecular flexibility index (Phi) is 6.46. The van der Waals surface area contributed by atoms with Crippen LogP contribution >= 0.6 is 0 Å². The average Bonchev–Trinajstić information content (AvgIpc) is 3.45. The molecule has 1 saturated heterocycles. The van der Waals surface area contributed by atoms with Gasteiger partial charge in [0.15, 0.2) is 11.5 Å². The maximum atomic E-state index is 13.4. The maximum absolute atomic E-state index is 13.4. The molecular formula is C23H33N3O4. The fourth-order valence-corrected chi connectivity index (χ4v) is 4.85. The maximum Gasteiger partial charge on any atom is 0.242 e. The van der Waals surface area contributed by atoms with E-state index in [9.17, 15) is 9.59 Å². The van der Waals surface area contributed by atoms with E-state index in [2.05, 4.69) is 17.1 Å². The SMILES string of the molecule is CC[C@@H](C)C(=O)N1CCN([C@@H](C(=O)Nc2ccc3c(c2)OCO3)C2CCCC2)CC1. The number of ether oxygens (including phenoxy) is 2. The van der Waals surface area contributed by atoms with Crippen molar-refractivity contribution >= 4 is 17.5 Å². The highest BCUT2D eigenvalue weighted by atomic mass is 16.7. The van der Waals surface area contributed by atoms with Crippen molar-refractivity contribution in [1.82, 2.24) is 9.80 Å². The van der Waals surface area contributed by atoms with Gasteiger partial charge in [-0.3, -0.25) is 14.5 Å². The van der Waals surface area contributed by atoms with Crippen LogP contribution in [0.25, 0.3) is 0 Å². The van der Waals surface area contributed by atoms with Crippen LogP contribution in [0.4, 0.5) is 5.69 Å². The summed E-state index contributed by atoms with van der Waals surface area (Å²) in [5.41, 5.74) is 0.734. The molecule has 2 fully saturated rings. The van der Waals surface area contributed by atoms with Crippen LogP contribution in [0, 0.1) is 11.8 Å². The quantitative estimate of drug-likeness (QED) is 0.773. The molecule has 0 bridgehead atoms. The van der Waals surface area contributed by atoms with E-state index in [4.69, 9.17) is 9.47 Å². The van der Waals surface area contributed by atoms with Crippen molar-refractivity contribution < 1.29 is 19.1 Å². The summed E-state index contributed by atoms with van der Waals surface area (Å²) in [6.07, 6.45) is 5.41. The van der Waals surface area contributed by atoms with Gasteiger partial charge in [-0.05, 0) is 37.3 Å². The van der Waals surface area contributed by atoms with Crippen molar-refractivity contribution in [3.05, 3.63) is 18.2 Å². The van der Waals surface area contributed by atoms with Gasteiger partial charge in [0.2, 0.25) is 18.6 Å². The number of rotatable bonds is 6. The summed E-state index contributed by atoms with van der Waals surface area (Å²) in [5.74, 6) is 2.10. The van der Waals surface area contributed by atoms with Crippen molar-refractivity contribution in [2.24, 2.45) is 11.8 Å². The Morgan fingerprint density at radius 3 is 2.50 bits per heavy atom. The summed E-state index contributed by atoms with van der Waals surface area (Å²) in [7, 11) is 0. The third-order valence-corrected chi connectivity index (χ3v) is 6.81. The number of amides is 2. The normalized spacial score (nSPS) is 21.5. The summed E-state index contributed by atoms with van der Waals surface area (Å²) in [4.78, 5) is 30.2.